The number of pyridine rings is 1. The van der Waals surface area contributed by atoms with Crippen LogP contribution in [0.5, 0.6) is 0 Å². The number of likely N-dealkylation sites (tertiary alicyclic amines) is 1. The smallest absolute Gasteiger partial charge is 0.274 e. The van der Waals surface area contributed by atoms with Gasteiger partial charge in [0.05, 0.1) is 47.8 Å². The molecule has 3 aromatic heterocycles. The predicted molar refractivity (Wildman–Crippen MR) is 275 cm³/mol. The van der Waals surface area contributed by atoms with Crippen LogP contribution in [0.25, 0.3) is 21.9 Å². The quantitative estimate of drug-likeness (QED) is 0.118. The van der Waals surface area contributed by atoms with Crippen LogP contribution in [0.1, 0.15) is 62.1 Å². The second-order valence-electron chi connectivity index (χ2n) is 20.1. The number of amides is 3. The number of anilines is 1. The third-order valence-corrected chi connectivity index (χ3v) is 15.2. The number of halogens is 1. The summed E-state index contributed by atoms with van der Waals surface area (Å²) in [6.07, 6.45) is 7.11. The number of hydrogen-bond acceptors (Lipinski definition) is 14. The molecule has 2 atom stereocenters. The van der Waals surface area contributed by atoms with Crippen LogP contribution in [0.15, 0.2) is 102 Å². The van der Waals surface area contributed by atoms with E-state index in [-0.39, 0.29) is 53.4 Å². The Kier molecular flexibility index (Phi) is 14.9. The van der Waals surface area contributed by atoms with Crippen LogP contribution in [0.4, 0.5) is 10.1 Å². The van der Waals surface area contributed by atoms with E-state index >= 15 is 4.39 Å². The minimum Gasteiger partial charge on any atom is -0.380 e. The molecule has 0 saturated carbocycles. The van der Waals surface area contributed by atoms with Crippen molar-refractivity contribution < 1.29 is 28.2 Å². The van der Waals surface area contributed by atoms with Crippen molar-refractivity contribution in [3.05, 3.63) is 148 Å². The predicted octanol–water partition coefficient (Wildman–Crippen LogP) is 4.00. The summed E-state index contributed by atoms with van der Waals surface area (Å²) in [4.78, 5) is 77.2. The number of piperazine rings is 2. The van der Waals surface area contributed by atoms with Crippen molar-refractivity contribution in [2.45, 2.75) is 44.1 Å². The summed E-state index contributed by atoms with van der Waals surface area (Å²) in [5.41, 5.74) is 5.51. The Labute approximate surface area is 428 Å². The van der Waals surface area contributed by atoms with Gasteiger partial charge in [-0.2, -0.15) is 5.10 Å². The lowest BCUT2D eigenvalue weighted by molar-refractivity contribution is -0.115. The van der Waals surface area contributed by atoms with E-state index in [0.29, 0.717) is 94.1 Å². The fourth-order valence-corrected chi connectivity index (χ4v) is 10.7. The first-order valence-corrected chi connectivity index (χ1v) is 25.8. The van der Waals surface area contributed by atoms with Gasteiger partial charge in [0.2, 0.25) is 5.91 Å². The summed E-state index contributed by atoms with van der Waals surface area (Å²) in [5.74, 6) is -0.538. The topological polar surface area (TPSA) is 198 Å². The highest BCUT2D eigenvalue weighted by atomic mass is 19.1. The summed E-state index contributed by atoms with van der Waals surface area (Å²) in [6.45, 7) is 11.0. The van der Waals surface area contributed by atoms with E-state index in [0.717, 1.165) is 79.9 Å². The molecule has 74 heavy (non-hydrogen) atoms. The number of piperidine rings is 1. The summed E-state index contributed by atoms with van der Waals surface area (Å²) in [7, 11) is 0. The second kappa shape index (κ2) is 22.3. The van der Waals surface area contributed by atoms with Crippen LogP contribution in [0.2, 0.25) is 0 Å². The molecule has 3 N–H and O–H groups in total. The van der Waals surface area contributed by atoms with Crippen molar-refractivity contribution in [3.63, 3.8) is 0 Å². The number of H-pyrrole nitrogens is 1. The molecule has 8 heterocycles. The van der Waals surface area contributed by atoms with Gasteiger partial charge in [-0.05, 0) is 65.8 Å². The van der Waals surface area contributed by atoms with E-state index < -0.39 is 5.82 Å². The van der Waals surface area contributed by atoms with Crippen LogP contribution in [-0.4, -0.2) is 178 Å². The van der Waals surface area contributed by atoms with E-state index in [9.17, 15) is 19.2 Å². The molecule has 0 bridgehead atoms. The Hall–Kier alpha value is -6.87. The highest BCUT2D eigenvalue weighted by Crippen LogP contribution is 2.32. The van der Waals surface area contributed by atoms with Crippen molar-refractivity contribution >= 4 is 34.2 Å². The SMILES string of the molecule is O=C(CNCc1ccncn1)Nc1cc(-c2cccc(C3COC3)c2)cnc1C(=O)N1CCC(CN2CCN(CC3OC3N3CCN(C(=O)c4cc(Cc5n[nH]c(=O)c6ccccc56)ccc4F)CC3)CC2)CC1. The number of carbonyl (C=O) groups is 3. The van der Waals surface area contributed by atoms with Crippen LogP contribution in [0, 0.1) is 11.7 Å². The van der Waals surface area contributed by atoms with Gasteiger partial charge in [-0.25, -0.2) is 24.4 Å². The molecule has 0 aliphatic carbocycles. The van der Waals surface area contributed by atoms with E-state index in [1.165, 1.54) is 18.0 Å². The van der Waals surface area contributed by atoms with Crippen molar-refractivity contribution in [1.82, 2.24) is 55.0 Å². The number of carbonyl (C=O) groups excluding carboxylic acids is 3. The van der Waals surface area contributed by atoms with Gasteiger partial charge in [0.25, 0.3) is 17.4 Å². The van der Waals surface area contributed by atoms with Crippen molar-refractivity contribution in [3.8, 4) is 11.1 Å². The molecular weight excluding hydrogens is 944 g/mol. The Balaban J connectivity index is 0.623. The maximum atomic E-state index is 15.1. The number of aromatic amines is 1. The number of fused-ring (bicyclic) bond motifs is 1. The summed E-state index contributed by atoms with van der Waals surface area (Å²) >= 11 is 0. The molecule has 0 radical (unpaired) electrons. The summed E-state index contributed by atoms with van der Waals surface area (Å²) < 4.78 is 26.8. The van der Waals surface area contributed by atoms with Crippen molar-refractivity contribution in [2.24, 2.45) is 5.92 Å². The van der Waals surface area contributed by atoms with E-state index in [1.54, 1.807) is 47.6 Å². The maximum Gasteiger partial charge on any atom is 0.274 e. The Morgan fingerprint density at radius 2 is 1.54 bits per heavy atom. The van der Waals surface area contributed by atoms with Gasteiger partial charge in [0.15, 0.2) is 5.69 Å². The largest absolute Gasteiger partial charge is 0.380 e. The van der Waals surface area contributed by atoms with Crippen LogP contribution < -0.4 is 16.2 Å². The van der Waals surface area contributed by atoms with Crippen molar-refractivity contribution in [1.29, 1.82) is 0 Å². The van der Waals surface area contributed by atoms with E-state index in [1.807, 2.05) is 35.2 Å². The Morgan fingerprint density at radius 1 is 0.770 bits per heavy atom. The lowest BCUT2D eigenvalue weighted by Crippen LogP contribution is -2.51. The number of epoxide rings is 1. The van der Waals surface area contributed by atoms with Gasteiger partial charge in [0, 0.05) is 121 Å². The molecule has 11 rings (SSSR count). The maximum absolute atomic E-state index is 15.1. The molecule has 5 fully saturated rings. The lowest BCUT2D eigenvalue weighted by Gasteiger charge is -2.39. The number of aromatic nitrogens is 5. The van der Waals surface area contributed by atoms with E-state index in [2.05, 4.69) is 57.6 Å². The highest BCUT2D eigenvalue weighted by Gasteiger charge is 2.46. The zero-order chi connectivity index (χ0) is 50.5. The van der Waals surface area contributed by atoms with Gasteiger partial charge in [-0.3, -0.25) is 29.0 Å². The molecule has 5 aliphatic rings. The van der Waals surface area contributed by atoms with Gasteiger partial charge >= 0.3 is 0 Å². The molecule has 6 aromatic rings. The normalized spacial score (nSPS) is 20.1. The van der Waals surface area contributed by atoms with Crippen molar-refractivity contribution in [2.75, 3.05) is 104 Å². The fourth-order valence-electron chi connectivity index (χ4n) is 10.7. The van der Waals surface area contributed by atoms with Gasteiger partial charge in [0.1, 0.15) is 24.5 Å². The molecule has 3 amide bonds. The molecule has 2 unspecified atom stereocenters. The minimum atomic E-state index is -0.559. The van der Waals surface area contributed by atoms with Crippen LogP contribution >= 0.6 is 0 Å². The first kappa shape index (κ1) is 49.3. The third kappa shape index (κ3) is 11.4. The Bertz CT molecular complexity index is 3040. The number of nitrogens with zero attached hydrogens (tertiary/aromatic N) is 9. The number of benzene rings is 3. The Morgan fingerprint density at radius 3 is 2.30 bits per heavy atom. The molecule has 384 valence electrons. The van der Waals surface area contributed by atoms with E-state index in [4.69, 9.17) is 14.5 Å². The average molecular weight is 1010 g/mol. The van der Waals surface area contributed by atoms with Gasteiger partial charge < -0.3 is 34.8 Å². The number of hydrogen-bond donors (Lipinski definition) is 3. The standard InChI is InChI=1S/C55H61FN12O6/c56-46-9-8-37(25-47-43-6-1-2-7-44(43)52(70)63-62-47)24-45(46)53(71)67-20-22-68(23-21-67)55-49(74-55)32-65-18-16-64(17-19-65)31-36-11-14-66(15-12-36)54(72)51-48(61-50(69)30-58-29-42-10-13-57-35-60-42)27-40(28-59-51)38-4-3-5-39(26-38)41-33-73-34-41/h1-10,13,24,26-28,35-36,41,49,55,58H,11-12,14-23,25,29-34H2,(H,61,69)(H,63,70). The molecular formula is C55H61FN12O6. The molecule has 5 saturated heterocycles. The first-order chi connectivity index (χ1) is 36.2. The van der Waals surface area contributed by atoms with Gasteiger partial charge in [-0.15, -0.1) is 0 Å². The fraction of sp³-hybridized carbons (Fsp3) is 0.418. The van der Waals surface area contributed by atoms with Crippen LogP contribution in [-0.2, 0) is 27.2 Å². The van der Waals surface area contributed by atoms with Gasteiger partial charge in [-0.1, -0.05) is 48.5 Å². The van der Waals surface area contributed by atoms with Crippen LogP contribution in [0.3, 0.4) is 0 Å². The average Bonchev–Trinajstić information content (AvgIpc) is 4.19. The summed E-state index contributed by atoms with van der Waals surface area (Å²) in [5, 5.41) is 14.2. The zero-order valence-electron chi connectivity index (χ0n) is 41.3. The first-order valence-electron chi connectivity index (χ1n) is 25.8. The number of nitrogens with one attached hydrogen (secondary N) is 3. The highest BCUT2D eigenvalue weighted by molar-refractivity contribution is 6.03. The number of ether oxygens (including phenoxy) is 2. The summed E-state index contributed by atoms with van der Waals surface area (Å²) in [6, 6.07) is 23.7. The second-order valence-corrected chi connectivity index (χ2v) is 20.1. The zero-order valence-corrected chi connectivity index (χ0v) is 41.3. The lowest BCUT2D eigenvalue weighted by atomic mass is 9.94. The monoisotopic (exact) mass is 1000 g/mol. The molecule has 3 aromatic carbocycles. The number of rotatable bonds is 16. The molecule has 0 spiro atoms. The third-order valence-electron chi connectivity index (χ3n) is 15.2. The molecule has 18 nitrogen and oxygen atoms in total. The molecule has 5 aliphatic heterocycles. The minimum absolute atomic E-state index is 0.0146. The molecule has 19 heteroatoms.